The Bertz CT molecular complexity index is 1400. The topological polar surface area (TPSA) is 72.0 Å². The zero-order chi connectivity index (χ0) is 24.0. The van der Waals surface area contributed by atoms with Crippen LogP contribution in [0.15, 0.2) is 70.8 Å². The first-order valence-corrected chi connectivity index (χ1v) is 10.5. The number of alkyl halides is 6. The van der Waals surface area contributed by atoms with Crippen molar-refractivity contribution < 1.29 is 39.5 Å². The zero-order valence-electron chi connectivity index (χ0n) is 16.1. The lowest BCUT2D eigenvalue weighted by atomic mass is 10.1. The molecule has 0 fully saturated rings. The predicted octanol–water partition coefficient (Wildman–Crippen LogP) is 6.03. The summed E-state index contributed by atoms with van der Waals surface area (Å²) in [5.74, 6) is -1.88. The van der Waals surface area contributed by atoms with Crippen LogP contribution in [0.5, 0.6) is 11.5 Å². The molecule has 1 N–H and O–H groups in total. The van der Waals surface area contributed by atoms with Crippen LogP contribution in [-0.2, 0) is 22.2 Å². The molecule has 0 aliphatic carbocycles. The molecular weight excluding hydrogens is 474 g/mol. The first-order valence-electron chi connectivity index (χ1n) is 9.01. The van der Waals surface area contributed by atoms with Gasteiger partial charge in [-0.15, -0.1) is 0 Å². The fourth-order valence-corrected chi connectivity index (χ4v) is 4.54. The van der Waals surface area contributed by atoms with Crippen molar-refractivity contribution in [1.82, 2.24) is 9.97 Å². The number of hydrogen-bond acceptors (Lipinski definition) is 4. The minimum Gasteiger partial charge on any atom is -0.456 e. The average Bonchev–Trinajstić information content (AvgIpc) is 3.17. The van der Waals surface area contributed by atoms with E-state index >= 15 is 0 Å². The lowest BCUT2D eigenvalue weighted by Crippen LogP contribution is -2.13. The third-order valence-electron chi connectivity index (χ3n) is 4.64. The Morgan fingerprint density at radius 1 is 0.909 bits per heavy atom. The minimum absolute atomic E-state index is 0.0222. The highest BCUT2D eigenvalue weighted by molar-refractivity contribution is 7.91. The number of H-pyrrole nitrogens is 1. The summed E-state index contributed by atoms with van der Waals surface area (Å²) in [7, 11) is -4.07. The molecule has 2 aromatic heterocycles. The van der Waals surface area contributed by atoms with E-state index in [0.29, 0.717) is 12.1 Å². The summed E-state index contributed by atoms with van der Waals surface area (Å²) < 4.78 is 111. The maximum absolute atomic E-state index is 13.4. The molecule has 0 saturated heterocycles. The molecule has 5 nitrogen and oxygen atoms in total. The Labute approximate surface area is 182 Å². The van der Waals surface area contributed by atoms with Crippen LogP contribution in [0.3, 0.4) is 0 Å². The molecular formula is C21H11F6N2O3S. The second-order valence-electron chi connectivity index (χ2n) is 6.76. The van der Waals surface area contributed by atoms with E-state index in [4.69, 9.17) is 4.74 Å². The fourth-order valence-electron chi connectivity index (χ4n) is 3.14. The number of rotatable bonds is 4. The van der Waals surface area contributed by atoms with E-state index in [-0.39, 0.29) is 20.7 Å². The van der Waals surface area contributed by atoms with E-state index in [2.05, 4.69) is 9.97 Å². The molecule has 2 aromatic carbocycles. The van der Waals surface area contributed by atoms with Gasteiger partial charge in [0.2, 0.25) is 9.84 Å². The Kier molecular flexibility index (Phi) is 5.35. The molecule has 0 atom stereocenters. The largest absolute Gasteiger partial charge is 0.456 e. The smallest absolute Gasteiger partial charge is 0.420 e. The normalized spacial score (nSPS) is 12.8. The number of hydrogen-bond donors (Lipinski definition) is 1. The maximum Gasteiger partial charge on any atom is 0.420 e. The van der Waals surface area contributed by atoms with Crippen LogP contribution in [0, 0.1) is 6.07 Å². The van der Waals surface area contributed by atoms with Crippen molar-refractivity contribution in [3.8, 4) is 11.5 Å². The van der Waals surface area contributed by atoms with Crippen molar-refractivity contribution in [3.63, 3.8) is 0 Å². The summed E-state index contributed by atoms with van der Waals surface area (Å²) in [5, 5.41) is 0.0222. The van der Waals surface area contributed by atoms with Gasteiger partial charge in [0.1, 0.15) is 5.75 Å². The monoisotopic (exact) mass is 485 g/mol. The predicted molar refractivity (Wildman–Crippen MR) is 103 cm³/mol. The summed E-state index contributed by atoms with van der Waals surface area (Å²) in [6.45, 7) is 0. The van der Waals surface area contributed by atoms with Crippen molar-refractivity contribution >= 4 is 20.7 Å². The minimum atomic E-state index is -5.15. The molecule has 1 radical (unpaired) electrons. The highest BCUT2D eigenvalue weighted by Gasteiger charge is 2.42. The standard InChI is InChI=1S/C21H11F6N2O3S/c22-20(23,24)15-2-1-3-16(21(25,26)27)19(15)32-12-4-5-17-14(10-12)18(11-29-17)33(30,31)13-6-8-28-9-7-13/h2-11,29H. The van der Waals surface area contributed by atoms with E-state index in [1.54, 1.807) is 0 Å². The van der Waals surface area contributed by atoms with Crippen molar-refractivity contribution in [2.75, 3.05) is 0 Å². The Morgan fingerprint density at radius 2 is 1.52 bits per heavy atom. The van der Waals surface area contributed by atoms with Crippen molar-refractivity contribution in [1.29, 1.82) is 0 Å². The number of sulfone groups is 1. The van der Waals surface area contributed by atoms with Gasteiger partial charge >= 0.3 is 12.4 Å². The molecule has 33 heavy (non-hydrogen) atoms. The first kappa shape index (κ1) is 22.6. The summed E-state index contributed by atoms with van der Waals surface area (Å²) >= 11 is 0. The van der Waals surface area contributed by atoms with Crippen LogP contribution in [-0.4, -0.2) is 18.4 Å². The maximum atomic E-state index is 13.4. The lowest BCUT2D eigenvalue weighted by molar-refractivity contribution is -0.145. The van der Waals surface area contributed by atoms with E-state index in [0.717, 1.165) is 12.1 Å². The van der Waals surface area contributed by atoms with Gasteiger partial charge < -0.3 is 9.72 Å². The highest BCUT2D eigenvalue weighted by atomic mass is 32.2. The van der Waals surface area contributed by atoms with Gasteiger partial charge in [0.05, 0.1) is 20.9 Å². The summed E-state index contributed by atoms with van der Waals surface area (Å²) in [5.41, 5.74) is -3.06. The van der Waals surface area contributed by atoms with Crippen molar-refractivity contribution in [2.24, 2.45) is 0 Å². The van der Waals surface area contributed by atoms with Crippen molar-refractivity contribution in [3.05, 3.63) is 78.2 Å². The van der Waals surface area contributed by atoms with Gasteiger partial charge in [0.15, 0.2) is 5.75 Å². The third kappa shape index (κ3) is 4.25. The zero-order valence-corrected chi connectivity index (χ0v) is 16.9. The summed E-state index contributed by atoms with van der Waals surface area (Å²) in [6.07, 6.45) is -6.60. The number of aromatic nitrogens is 2. The number of fused-ring (bicyclic) bond motifs is 1. The van der Waals surface area contributed by atoms with Gasteiger partial charge in [-0.1, -0.05) is 0 Å². The highest BCUT2D eigenvalue weighted by Crippen LogP contribution is 2.46. The number of aromatic amines is 1. The van der Waals surface area contributed by atoms with Crippen LogP contribution in [0.4, 0.5) is 26.3 Å². The molecule has 0 aliphatic heterocycles. The molecule has 0 amide bonds. The van der Waals surface area contributed by atoms with E-state index in [1.165, 1.54) is 36.8 Å². The Morgan fingerprint density at radius 3 is 2.09 bits per heavy atom. The number of halogens is 6. The van der Waals surface area contributed by atoms with Gasteiger partial charge in [0, 0.05) is 29.5 Å². The van der Waals surface area contributed by atoms with Gasteiger partial charge in [-0.05, 0) is 48.5 Å². The number of benzene rings is 2. The molecule has 0 aliphatic rings. The second-order valence-corrected chi connectivity index (χ2v) is 8.67. The van der Waals surface area contributed by atoms with E-state index < -0.39 is 44.8 Å². The van der Waals surface area contributed by atoms with Gasteiger partial charge in [-0.25, -0.2) is 8.42 Å². The average molecular weight is 485 g/mol. The van der Waals surface area contributed by atoms with Crippen LogP contribution < -0.4 is 4.74 Å². The number of pyridine rings is 1. The molecule has 12 heteroatoms. The van der Waals surface area contributed by atoms with Crippen LogP contribution in [0.25, 0.3) is 10.9 Å². The lowest BCUT2D eigenvalue weighted by Gasteiger charge is -2.18. The van der Waals surface area contributed by atoms with Gasteiger partial charge in [-0.3, -0.25) is 4.98 Å². The van der Waals surface area contributed by atoms with Crippen LogP contribution in [0.2, 0.25) is 0 Å². The first-order chi connectivity index (χ1) is 15.4. The van der Waals surface area contributed by atoms with Gasteiger partial charge in [0.25, 0.3) is 0 Å². The number of ether oxygens (including phenoxy) is 1. The summed E-state index contributed by atoms with van der Waals surface area (Å²) in [4.78, 5) is 6.12. The fraction of sp³-hybridized carbons (Fsp3) is 0.0952. The van der Waals surface area contributed by atoms with Gasteiger partial charge in [-0.2, -0.15) is 26.3 Å². The molecule has 0 spiro atoms. The van der Waals surface area contributed by atoms with E-state index in [1.807, 2.05) is 6.07 Å². The Hall–Kier alpha value is -3.54. The number of nitrogens with zero attached hydrogens (tertiary/aromatic N) is 1. The molecule has 4 aromatic rings. The third-order valence-corrected chi connectivity index (χ3v) is 6.45. The Balaban J connectivity index is 1.85. The van der Waals surface area contributed by atoms with Crippen LogP contribution >= 0.6 is 0 Å². The molecule has 0 unspecified atom stereocenters. The molecule has 2 heterocycles. The molecule has 0 bridgehead atoms. The SMILES string of the molecule is O=S(=O)(c1ccncc1)c1c[nH]c2ccc(Oc3c(C(F)(F)F)c[c]cc3C(F)(F)F)cc12. The molecule has 0 saturated carbocycles. The summed E-state index contributed by atoms with van der Waals surface area (Å²) in [6, 6.07) is 8.48. The van der Waals surface area contributed by atoms with Crippen LogP contribution in [0.1, 0.15) is 11.1 Å². The molecule has 4 rings (SSSR count). The van der Waals surface area contributed by atoms with E-state index in [9.17, 15) is 34.8 Å². The second kappa shape index (κ2) is 7.80. The quantitative estimate of drug-likeness (QED) is 0.359. The number of nitrogens with one attached hydrogen (secondary N) is 1. The molecule has 171 valence electrons. The van der Waals surface area contributed by atoms with Crippen molar-refractivity contribution in [2.45, 2.75) is 22.1 Å².